The van der Waals surface area contributed by atoms with Gasteiger partial charge < -0.3 is 10.1 Å². The summed E-state index contributed by atoms with van der Waals surface area (Å²) < 4.78 is 6.30. The zero-order chi connectivity index (χ0) is 16.3. The number of rotatable bonds is 5. The molecule has 0 bridgehead atoms. The zero-order valence-corrected chi connectivity index (χ0v) is 13.9. The van der Waals surface area contributed by atoms with Crippen LogP contribution < -0.4 is 5.32 Å². The Bertz CT molecular complexity index is 736. The molecule has 0 spiro atoms. The standard InChI is InChI=1S/C19H19ClN2O/c1-22-10-2-9-19(16-4-6-17(20)7-5-16)18-8-3-14(12-21)11-15(18)13-23-19/h3-8,11,22H,2,9-10,13H2,1H3/t19-/m0/s1. The van der Waals surface area contributed by atoms with Crippen LogP contribution in [0.4, 0.5) is 0 Å². The molecule has 0 fully saturated rings. The third-order valence-electron chi connectivity index (χ3n) is 4.41. The monoisotopic (exact) mass is 326 g/mol. The van der Waals surface area contributed by atoms with Crippen molar-refractivity contribution in [2.24, 2.45) is 0 Å². The Labute approximate surface area is 141 Å². The van der Waals surface area contributed by atoms with Gasteiger partial charge in [0.15, 0.2) is 0 Å². The van der Waals surface area contributed by atoms with Crippen molar-refractivity contribution < 1.29 is 4.74 Å². The van der Waals surface area contributed by atoms with Gasteiger partial charge in [0.2, 0.25) is 0 Å². The summed E-state index contributed by atoms with van der Waals surface area (Å²) in [4.78, 5) is 0. The lowest BCUT2D eigenvalue weighted by atomic mass is 9.81. The number of hydrogen-bond acceptors (Lipinski definition) is 3. The van der Waals surface area contributed by atoms with Crippen LogP contribution in [0.2, 0.25) is 5.02 Å². The summed E-state index contributed by atoms with van der Waals surface area (Å²) in [5.41, 5.74) is 3.60. The molecule has 1 atom stereocenters. The molecule has 0 saturated heterocycles. The van der Waals surface area contributed by atoms with Gasteiger partial charge in [-0.25, -0.2) is 0 Å². The molecule has 0 saturated carbocycles. The van der Waals surface area contributed by atoms with Gasteiger partial charge in [-0.15, -0.1) is 0 Å². The summed E-state index contributed by atoms with van der Waals surface area (Å²) in [5, 5.41) is 13.0. The fraction of sp³-hybridized carbons (Fsp3) is 0.316. The number of nitrogens with zero attached hydrogens (tertiary/aromatic N) is 1. The van der Waals surface area contributed by atoms with Gasteiger partial charge in [0.25, 0.3) is 0 Å². The molecule has 1 heterocycles. The highest BCUT2D eigenvalue weighted by Crippen LogP contribution is 2.45. The molecule has 1 aliphatic heterocycles. The molecular weight excluding hydrogens is 308 g/mol. The second-order valence-corrected chi connectivity index (χ2v) is 6.25. The quantitative estimate of drug-likeness (QED) is 0.845. The average Bonchev–Trinajstić information content (AvgIpc) is 2.95. The van der Waals surface area contributed by atoms with Gasteiger partial charge in [-0.3, -0.25) is 0 Å². The highest BCUT2D eigenvalue weighted by Gasteiger charge is 2.41. The normalized spacial score (nSPS) is 19.3. The number of fused-ring (bicyclic) bond motifs is 1. The lowest BCUT2D eigenvalue weighted by Gasteiger charge is -2.30. The van der Waals surface area contributed by atoms with E-state index in [-0.39, 0.29) is 0 Å². The maximum atomic E-state index is 9.11. The molecule has 1 N–H and O–H groups in total. The molecule has 0 radical (unpaired) electrons. The maximum Gasteiger partial charge on any atom is 0.119 e. The van der Waals surface area contributed by atoms with Crippen LogP contribution in [0.25, 0.3) is 0 Å². The topological polar surface area (TPSA) is 45.0 Å². The first kappa shape index (κ1) is 16.0. The minimum absolute atomic E-state index is 0.454. The number of nitrogens with one attached hydrogen (secondary N) is 1. The zero-order valence-electron chi connectivity index (χ0n) is 13.1. The smallest absolute Gasteiger partial charge is 0.119 e. The Kier molecular flexibility index (Phi) is 4.68. The fourth-order valence-corrected chi connectivity index (χ4v) is 3.40. The number of nitriles is 1. The molecule has 3 rings (SSSR count). The van der Waals surface area contributed by atoms with Crippen LogP contribution in [0.3, 0.4) is 0 Å². The summed E-state index contributed by atoms with van der Waals surface area (Å²) in [6.07, 6.45) is 1.88. The van der Waals surface area contributed by atoms with Gasteiger partial charge in [0, 0.05) is 5.02 Å². The van der Waals surface area contributed by atoms with Crippen LogP contribution in [-0.4, -0.2) is 13.6 Å². The number of benzene rings is 2. The summed E-state index contributed by atoms with van der Waals surface area (Å²) >= 11 is 6.04. The van der Waals surface area contributed by atoms with E-state index in [9.17, 15) is 0 Å². The van der Waals surface area contributed by atoms with Gasteiger partial charge in [-0.2, -0.15) is 5.26 Å². The summed E-state index contributed by atoms with van der Waals surface area (Å²) in [6, 6.07) is 15.9. The van der Waals surface area contributed by atoms with E-state index in [1.54, 1.807) is 0 Å². The number of ether oxygens (including phenoxy) is 1. The summed E-state index contributed by atoms with van der Waals surface area (Å²) in [6.45, 7) is 1.47. The fourth-order valence-electron chi connectivity index (χ4n) is 3.28. The van der Waals surface area contributed by atoms with Gasteiger partial charge in [0.1, 0.15) is 5.60 Å². The maximum absolute atomic E-state index is 9.11. The molecule has 0 aromatic heterocycles. The highest BCUT2D eigenvalue weighted by molar-refractivity contribution is 6.30. The van der Waals surface area contributed by atoms with Crippen molar-refractivity contribution in [1.82, 2.24) is 5.32 Å². The molecule has 2 aromatic carbocycles. The molecule has 2 aromatic rings. The SMILES string of the molecule is CNCCC[C@@]1(c2ccc(Cl)cc2)OCc2cc(C#N)ccc21. The van der Waals surface area contributed by atoms with Crippen LogP contribution in [0, 0.1) is 11.3 Å². The summed E-state index contributed by atoms with van der Waals surface area (Å²) in [7, 11) is 1.96. The minimum atomic E-state index is -0.454. The second-order valence-electron chi connectivity index (χ2n) is 5.81. The van der Waals surface area contributed by atoms with Crippen molar-refractivity contribution in [2.45, 2.75) is 25.0 Å². The predicted octanol–water partition coefficient (Wildman–Crippen LogP) is 3.99. The van der Waals surface area contributed by atoms with E-state index in [1.807, 2.05) is 49.5 Å². The average molecular weight is 327 g/mol. The third kappa shape index (κ3) is 2.98. The van der Waals surface area contributed by atoms with Crippen LogP contribution >= 0.6 is 11.6 Å². The largest absolute Gasteiger partial charge is 0.361 e. The van der Waals surface area contributed by atoms with Gasteiger partial charge >= 0.3 is 0 Å². The van der Waals surface area contributed by atoms with E-state index < -0.39 is 5.60 Å². The molecule has 0 unspecified atom stereocenters. The molecule has 0 aliphatic carbocycles. The lowest BCUT2D eigenvalue weighted by Crippen LogP contribution is -2.28. The second kappa shape index (κ2) is 6.72. The molecule has 3 nitrogen and oxygen atoms in total. The van der Waals surface area contributed by atoms with Gasteiger partial charge in [0.05, 0.1) is 18.2 Å². The van der Waals surface area contributed by atoms with E-state index in [2.05, 4.69) is 11.4 Å². The van der Waals surface area contributed by atoms with E-state index in [1.165, 1.54) is 0 Å². The van der Waals surface area contributed by atoms with Crippen molar-refractivity contribution in [3.63, 3.8) is 0 Å². The Morgan fingerprint density at radius 1 is 1.26 bits per heavy atom. The van der Waals surface area contributed by atoms with Crippen LogP contribution in [-0.2, 0) is 16.9 Å². The first-order valence-corrected chi connectivity index (χ1v) is 8.15. The highest BCUT2D eigenvalue weighted by atomic mass is 35.5. The van der Waals surface area contributed by atoms with Crippen molar-refractivity contribution in [3.8, 4) is 6.07 Å². The van der Waals surface area contributed by atoms with Crippen molar-refractivity contribution in [1.29, 1.82) is 5.26 Å². The van der Waals surface area contributed by atoms with E-state index in [0.29, 0.717) is 12.2 Å². The Balaban J connectivity index is 2.05. The molecule has 4 heteroatoms. The summed E-state index contributed by atoms with van der Waals surface area (Å²) in [5.74, 6) is 0. The Morgan fingerprint density at radius 2 is 2.04 bits per heavy atom. The van der Waals surface area contributed by atoms with E-state index >= 15 is 0 Å². The van der Waals surface area contributed by atoms with Crippen LogP contribution in [0.1, 0.15) is 35.1 Å². The van der Waals surface area contributed by atoms with Crippen LogP contribution in [0.15, 0.2) is 42.5 Å². The first-order chi connectivity index (χ1) is 11.2. The number of halogens is 1. The minimum Gasteiger partial charge on any atom is -0.361 e. The molecule has 0 amide bonds. The number of hydrogen-bond donors (Lipinski definition) is 1. The Hall–Kier alpha value is -1.86. The van der Waals surface area contributed by atoms with Gasteiger partial charge in [-0.05, 0) is 67.4 Å². The van der Waals surface area contributed by atoms with Crippen molar-refractivity contribution in [2.75, 3.05) is 13.6 Å². The van der Waals surface area contributed by atoms with Crippen LogP contribution in [0.5, 0.6) is 0 Å². The molecule has 1 aliphatic rings. The van der Waals surface area contributed by atoms with E-state index in [4.69, 9.17) is 21.6 Å². The lowest BCUT2D eigenvalue weighted by molar-refractivity contribution is -0.0128. The predicted molar refractivity (Wildman–Crippen MR) is 91.3 cm³/mol. The molecule has 23 heavy (non-hydrogen) atoms. The Morgan fingerprint density at radius 3 is 2.74 bits per heavy atom. The van der Waals surface area contributed by atoms with E-state index in [0.717, 1.165) is 41.1 Å². The van der Waals surface area contributed by atoms with Crippen molar-refractivity contribution >= 4 is 11.6 Å². The van der Waals surface area contributed by atoms with Gasteiger partial charge in [-0.1, -0.05) is 29.8 Å². The molecule has 118 valence electrons. The molecular formula is C19H19ClN2O. The first-order valence-electron chi connectivity index (χ1n) is 7.78. The van der Waals surface area contributed by atoms with Crippen molar-refractivity contribution in [3.05, 3.63) is 69.7 Å². The third-order valence-corrected chi connectivity index (χ3v) is 4.66.